The molecule has 1 aliphatic heterocycles. The molecule has 0 bridgehead atoms. The van der Waals surface area contributed by atoms with Gasteiger partial charge in [0.2, 0.25) is 0 Å². The van der Waals surface area contributed by atoms with Gasteiger partial charge in [-0.2, -0.15) is 0 Å². The van der Waals surface area contributed by atoms with Crippen LogP contribution in [0.25, 0.3) is 0 Å². The summed E-state index contributed by atoms with van der Waals surface area (Å²) >= 11 is 0. The minimum Gasteiger partial charge on any atom is -0.392 e. The minimum absolute atomic E-state index is 0.0868. The van der Waals surface area contributed by atoms with Gasteiger partial charge in [-0.25, -0.2) is 0 Å². The Morgan fingerprint density at radius 2 is 1.93 bits per heavy atom. The van der Waals surface area contributed by atoms with Gasteiger partial charge in [0, 0.05) is 6.04 Å². The molecular formula is C12H24N2O. The third kappa shape index (κ3) is 3.16. The number of rotatable bonds is 3. The molecule has 0 aromatic heterocycles. The van der Waals surface area contributed by atoms with E-state index in [-0.39, 0.29) is 6.10 Å². The Morgan fingerprint density at radius 3 is 2.53 bits per heavy atom. The summed E-state index contributed by atoms with van der Waals surface area (Å²) in [6.07, 6.45) is 5.88. The van der Waals surface area contributed by atoms with E-state index in [0.717, 1.165) is 25.3 Å². The molecule has 1 aliphatic carbocycles. The first-order valence-electron chi connectivity index (χ1n) is 6.35. The zero-order valence-corrected chi connectivity index (χ0v) is 9.78. The second kappa shape index (κ2) is 5.28. The van der Waals surface area contributed by atoms with E-state index in [2.05, 4.69) is 17.3 Å². The van der Waals surface area contributed by atoms with Gasteiger partial charge in [0.25, 0.3) is 0 Å². The van der Waals surface area contributed by atoms with Crippen molar-refractivity contribution in [2.75, 3.05) is 26.7 Å². The van der Waals surface area contributed by atoms with Crippen molar-refractivity contribution in [3.8, 4) is 0 Å². The van der Waals surface area contributed by atoms with E-state index in [1.165, 1.54) is 32.4 Å². The van der Waals surface area contributed by atoms with Gasteiger partial charge in [-0.15, -0.1) is 0 Å². The standard InChI is InChI=1S/C12H24N2O/c1-14-7-5-10(6-8-14)9-13-11-3-2-4-12(11)15/h10-13,15H,2-9H2,1H3/t11-,12-/m0/s1. The first-order valence-corrected chi connectivity index (χ1v) is 6.35. The molecule has 2 fully saturated rings. The number of nitrogens with zero attached hydrogens (tertiary/aromatic N) is 1. The summed E-state index contributed by atoms with van der Waals surface area (Å²) in [4.78, 5) is 2.40. The molecule has 0 aromatic rings. The highest BCUT2D eigenvalue weighted by molar-refractivity contribution is 4.84. The molecule has 3 nitrogen and oxygen atoms in total. The van der Waals surface area contributed by atoms with Crippen LogP contribution < -0.4 is 5.32 Å². The maximum absolute atomic E-state index is 9.69. The number of aliphatic hydroxyl groups is 1. The van der Waals surface area contributed by atoms with Gasteiger partial charge in [0.1, 0.15) is 0 Å². The van der Waals surface area contributed by atoms with Crippen molar-refractivity contribution in [3.63, 3.8) is 0 Å². The van der Waals surface area contributed by atoms with Crippen LogP contribution in [0, 0.1) is 5.92 Å². The molecule has 0 amide bonds. The number of piperidine rings is 1. The van der Waals surface area contributed by atoms with E-state index in [9.17, 15) is 5.11 Å². The molecular weight excluding hydrogens is 188 g/mol. The number of nitrogens with one attached hydrogen (secondary N) is 1. The summed E-state index contributed by atoms with van der Waals surface area (Å²) < 4.78 is 0. The fourth-order valence-corrected chi connectivity index (χ4v) is 2.76. The zero-order valence-electron chi connectivity index (χ0n) is 9.78. The van der Waals surface area contributed by atoms with Gasteiger partial charge in [-0.3, -0.25) is 0 Å². The van der Waals surface area contributed by atoms with Crippen LogP contribution in [0.5, 0.6) is 0 Å². The molecule has 2 aliphatic rings. The quantitative estimate of drug-likeness (QED) is 0.727. The number of hydrogen-bond acceptors (Lipinski definition) is 3. The van der Waals surface area contributed by atoms with Gasteiger partial charge in [-0.05, 0) is 64.7 Å². The normalized spacial score (nSPS) is 34.8. The Bertz CT molecular complexity index is 190. The molecule has 1 saturated heterocycles. The molecule has 1 saturated carbocycles. The number of hydrogen-bond donors (Lipinski definition) is 2. The van der Waals surface area contributed by atoms with E-state index in [4.69, 9.17) is 0 Å². The monoisotopic (exact) mass is 212 g/mol. The van der Waals surface area contributed by atoms with Crippen molar-refractivity contribution in [2.24, 2.45) is 5.92 Å². The molecule has 1 heterocycles. The van der Waals surface area contributed by atoms with Crippen LogP contribution in [-0.4, -0.2) is 48.8 Å². The van der Waals surface area contributed by atoms with Crippen molar-refractivity contribution < 1.29 is 5.11 Å². The summed E-state index contributed by atoms with van der Waals surface area (Å²) in [5, 5.41) is 13.2. The first kappa shape index (κ1) is 11.4. The maximum Gasteiger partial charge on any atom is 0.0693 e. The highest BCUT2D eigenvalue weighted by atomic mass is 16.3. The fourth-order valence-electron chi connectivity index (χ4n) is 2.76. The van der Waals surface area contributed by atoms with Crippen LogP contribution in [0.1, 0.15) is 32.1 Å². The molecule has 0 radical (unpaired) electrons. The van der Waals surface area contributed by atoms with Gasteiger partial charge in [0.15, 0.2) is 0 Å². The number of aliphatic hydroxyl groups excluding tert-OH is 1. The smallest absolute Gasteiger partial charge is 0.0693 e. The van der Waals surface area contributed by atoms with Crippen LogP contribution in [0.2, 0.25) is 0 Å². The van der Waals surface area contributed by atoms with Crippen LogP contribution in [0.3, 0.4) is 0 Å². The van der Waals surface area contributed by atoms with Crippen molar-refractivity contribution in [1.82, 2.24) is 10.2 Å². The topological polar surface area (TPSA) is 35.5 Å². The van der Waals surface area contributed by atoms with E-state index >= 15 is 0 Å². The Balaban J connectivity index is 1.65. The summed E-state index contributed by atoms with van der Waals surface area (Å²) in [5.41, 5.74) is 0. The van der Waals surface area contributed by atoms with Crippen LogP contribution in [0.15, 0.2) is 0 Å². The van der Waals surface area contributed by atoms with Crippen LogP contribution in [0.4, 0.5) is 0 Å². The predicted octanol–water partition coefficient (Wildman–Crippen LogP) is 0.831. The molecule has 0 aromatic carbocycles. The number of likely N-dealkylation sites (tertiary alicyclic amines) is 1. The summed E-state index contributed by atoms with van der Waals surface area (Å²) in [6.45, 7) is 3.58. The van der Waals surface area contributed by atoms with E-state index in [0.29, 0.717) is 6.04 Å². The Kier molecular flexibility index (Phi) is 4.00. The Labute approximate surface area is 92.8 Å². The van der Waals surface area contributed by atoms with Crippen molar-refractivity contribution in [2.45, 2.75) is 44.2 Å². The van der Waals surface area contributed by atoms with E-state index < -0.39 is 0 Å². The van der Waals surface area contributed by atoms with Crippen molar-refractivity contribution in [3.05, 3.63) is 0 Å². The lowest BCUT2D eigenvalue weighted by Crippen LogP contribution is -2.41. The molecule has 0 spiro atoms. The molecule has 3 heteroatoms. The zero-order chi connectivity index (χ0) is 10.7. The Hall–Kier alpha value is -0.120. The van der Waals surface area contributed by atoms with Gasteiger partial charge >= 0.3 is 0 Å². The third-order valence-electron chi connectivity index (χ3n) is 3.99. The van der Waals surface area contributed by atoms with Crippen molar-refractivity contribution >= 4 is 0 Å². The van der Waals surface area contributed by atoms with Gasteiger partial charge in [0.05, 0.1) is 6.10 Å². The second-order valence-electron chi connectivity index (χ2n) is 5.26. The van der Waals surface area contributed by atoms with E-state index in [1.54, 1.807) is 0 Å². The summed E-state index contributed by atoms with van der Waals surface area (Å²) in [5.74, 6) is 0.828. The lowest BCUT2D eigenvalue weighted by molar-refractivity contribution is 0.141. The average Bonchev–Trinajstić information content (AvgIpc) is 2.63. The van der Waals surface area contributed by atoms with Gasteiger partial charge < -0.3 is 15.3 Å². The Morgan fingerprint density at radius 1 is 1.20 bits per heavy atom. The van der Waals surface area contributed by atoms with Gasteiger partial charge in [-0.1, -0.05) is 0 Å². The molecule has 88 valence electrons. The van der Waals surface area contributed by atoms with Crippen LogP contribution in [-0.2, 0) is 0 Å². The molecule has 2 rings (SSSR count). The molecule has 0 unspecified atom stereocenters. The predicted molar refractivity (Wildman–Crippen MR) is 61.9 cm³/mol. The highest BCUT2D eigenvalue weighted by Gasteiger charge is 2.25. The molecule has 15 heavy (non-hydrogen) atoms. The molecule has 2 N–H and O–H groups in total. The summed E-state index contributed by atoms with van der Waals surface area (Å²) in [6, 6.07) is 0.379. The third-order valence-corrected chi connectivity index (χ3v) is 3.99. The minimum atomic E-state index is -0.0868. The maximum atomic E-state index is 9.69. The highest BCUT2D eigenvalue weighted by Crippen LogP contribution is 2.20. The fraction of sp³-hybridized carbons (Fsp3) is 1.00. The lowest BCUT2D eigenvalue weighted by atomic mass is 9.97. The van der Waals surface area contributed by atoms with Crippen LogP contribution >= 0.6 is 0 Å². The summed E-state index contributed by atoms with van der Waals surface area (Å²) in [7, 11) is 2.20. The largest absolute Gasteiger partial charge is 0.392 e. The molecule has 2 atom stereocenters. The van der Waals surface area contributed by atoms with E-state index in [1.807, 2.05) is 0 Å². The lowest BCUT2D eigenvalue weighted by Gasteiger charge is -2.30. The average molecular weight is 212 g/mol. The second-order valence-corrected chi connectivity index (χ2v) is 5.26. The SMILES string of the molecule is CN1CCC(CN[C@H]2CCC[C@@H]2O)CC1. The van der Waals surface area contributed by atoms with Crippen molar-refractivity contribution in [1.29, 1.82) is 0 Å². The first-order chi connectivity index (χ1) is 7.25.